The Bertz CT molecular complexity index is 1410. The van der Waals surface area contributed by atoms with E-state index in [4.69, 9.17) is 10.5 Å². The van der Waals surface area contributed by atoms with Crippen molar-refractivity contribution in [1.82, 2.24) is 18.7 Å². The smallest absolute Gasteiger partial charge is 0.339 e. The summed E-state index contributed by atoms with van der Waals surface area (Å²) < 4.78 is 9.32. The highest BCUT2D eigenvalue weighted by Gasteiger charge is 2.26. The van der Waals surface area contributed by atoms with E-state index in [-0.39, 0.29) is 17.5 Å². The fourth-order valence-corrected chi connectivity index (χ4v) is 4.92. The van der Waals surface area contributed by atoms with E-state index >= 15 is 0 Å². The number of anilines is 1. The summed E-state index contributed by atoms with van der Waals surface area (Å²) in [4.78, 5) is 43.7. The van der Waals surface area contributed by atoms with Crippen molar-refractivity contribution in [1.29, 1.82) is 0 Å². The van der Waals surface area contributed by atoms with Crippen LogP contribution >= 0.6 is 11.3 Å². The molecule has 9 nitrogen and oxygen atoms in total. The number of aromatic nitrogens is 4. The number of hydrogen-bond donors (Lipinski definition) is 1. The normalized spacial score (nSPS) is 11.4. The van der Waals surface area contributed by atoms with Gasteiger partial charge in [-0.1, -0.05) is 19.1 Å². The second-order valence-electron chi connectivity index (χ2n) is 6.92. The van der Waals surface area contributed by atoms with Crippen LogP contribution in [0.5, 0.6) is 0 Å². The Morgan fingerprint density at radius 3 is 2.67 bits per heavy atom. The Morgan fingerprint density at radius 1 is 1.23 bits per heavy atom. The van der Waals surface area contributed by atoms with Gasteiger partial charge in [0.1, 0.15) is 4.83 Å². The van der Waals surface area contributed by atoms with Crippen molar-refractivity contribution in [2.45, 2.75) is 26.4 Å². The number of esters is 1. The van der Waals surface area contributed by atoms with Gasteiger partial charge in [0.05, 0.1) is 35.6 Å². The Balaban J connectivity index is 2.04. The molecule has 10 heteroatoms. The molecule has 0 aliphatic heterocycles. The van der Waals surface area contributed by atoms with Gasteiger partial charge in [-0.05, 0) is 18.6 Å². The zero-order chi connectivity index (χ0) is 21.6. The van der Waals surface area contributed by atoms with E-state index in [0.29, 0.717) is 28.6 Å². The lowest BCUT2D eigenvalue weighted by atomic mass is 10.1. The molecule has 0 bridgehead atoms. The van der Waals surface area contributed by atoms with Crippen molar-refractivity contribution >= 4 is 44.5 Å². The molecule has 0 amide bonds. The molecule has 0 fully saturated rings. The molecule has 0 spiro atoms. The number of rotatable bonds is 5. The fourth-order valence-electron chi connectivity index (χ4n) is 3.63. The molecule has 30 heavy (non-hydrogen) atoms. The molecule has 0 unspecified atom stereocenters. The third-order valence-electron chi connectivity index (χ3n) is 5.07. The number of thiophene rings is 1. The van der Waals surface area contributed by atoms with Crippen LogP contribution < -0.4 is 17.0 Å². The fraction of sp³-hybridized carbons (Fsp3) is 0.300. The number of para-hydroxylation sites is 2. The van der Waals surface area contributed by atoms with E-state index in [2.05, 4.69) is 4.98 Å². The number of hydrogen-bond acceptors (Lipinski definition) is 7. The SMILES string of the molecule is CCCn1c(=O)n(C)c(=O)c2c(C(=O)OC)c(Cn3c(N)nc4ccccc43)sc21. The van der Waals surface area contributed by atoms with Crippen molar-refractivity contribution in [3.63, 3.8) is 0 Å². The van der Waals surface area contributed by atoms with Crippen molar-refractivity contribution in [2.75, 3.05) is 12.8 Å². The second-order valence-corrected chi connectivity index (χ2v) is 8.00. The number of imidazole rings is 1. The summed E-state index contributed by atoms with van der Waals surface area (Å²) in [6, 6.07) is 7.48. The highest BCUT2D eigenvalue weighted by atomic mass is 32.1. The van der Waals surface area contributed by atoms with E-state index in [1.165, 1.54) is 30.1 Å². The molecule has 0 aliphatic rings. The second kappa shape index (κ2) is 7.45. The number of methoxy groups -OCH3 is 1. The van der Waals surface area contributed by atoms with Crippen LogP contribution in [0.15, 0.2) is 33.9 Å². The first kappa shape index (κ1) is 19.9. The summed E-state index contributed by atoms with van der Waals surface area (Å²) in [5, 5.41) is 0.195. The Hall–Kier alpha value is -3.40. The third kappa shape index (κ3) is 2.91. The van der Waals surface area contributed by atoms with Crippen LogP contribution in [0.3, 0.4) is 0 Å². The lowest BCUT2D eigenvalue weighted by Crippen LogP contribution is -2.38. The maximum Gasteiger partial charge on any atom is 0.339 e. The molecule has 0 saturated heterocycles. The van der Waals surface area contributed by atoms with Crippen molar-refractivity contribution in [3.8, 4) is 0 Å². The number of nitrogens with zero attached hydrogens (tertiary/aromatic N) is 4. The first-order chi connectivity index (χ1) is 14.4. The molecule has 156 valence electrons. The molecule has 1 aromatic carbocycles. The topological polar surface area (TPSA) is 114 Å². The lowest BCUT2D eigenvalue weighted by Gasteiger charge is -2.08. The minimum atomic E-state index is -0.627. The maximum atomic E-state index is 12.9. The highest BCUT2D eigenvalue weighted by molar-refractivity contribution is 7.19. The minimum Gasteiger partial charge on any atom is -0.465 e. The average Bonchev–Trinajstić information content (AvgIpc) is 3.27. The van der Waals surface area contributed by atoms with E-state index in [1.807, 2.05) is 31.2 Å². The van der Waals surface area contributed by atoms with Gasteiger partial charge in [0.15, 0.2) is 0 Å². The molecule has 3 heterocycles. The Kier molecular flexibility index (Phi) is 4.94. The van der Waals surface area contributed by atoms with Gasteiger partial charge in [-0.2, -0.15) is 0 Å². The molecule has 0 radical (unpaired) electrons. The van der Waals surface area contributed by atoms with Crippen LogP contribution in [0.4, 0.5) is 5.95 Å². The van der Waals surface area contributed by atoms with Crippen LogP contribution in [0.2, 0.25) is 0 Å². The van der Waals surface area contributed by atoms with E-state index in [9.17, 15) is 14.4 Å². The summed E-state index contributed by atoms with van der Waals surface area (Å²) in [6.07, 6.45) is 0.701. The van der Waals surface area contributed by atoms with E-state index < -0.39 is 17.2 Å². The largest absolute Gasteiger partial charge is 0.465 e. The molecule has 4 aromatic rings. The van der Waals surface area contributed by atoms with Gasteiger partial charge < -0.3 is 15.0 Å². The summed E-state index contributed by atoms with van der Waals surface area (Å²) in [5.41, 5.74) is 6.90. The molecule has 2 N–H and O–H groups in total. The lowest BCUT2D eigenvalue weighted by molar-refractivity contribution is 0.0602. The summed E-state index contributed by atoms with van der Waals surface area (Å²) in [5.74, 6) is -0.332. The Labute approximate surface area is 174 Å². The first-order valence-electron chi connectivity index (χ1n) is 9.43. The zero-order valence-corrected chi connectivity index (χ0v) is 17.7. The molecular weight excluding hydrogens is 406 g/mol. The Morgan fingerprint density at radius 2 is 1.97 bits per heavy atom. The van der Waals surface area contributed by atoms with Gasteiger partial charge in [0, 0.05) is 18.5 Å². The number of carbonyl (C=O) groups is 1. The molecule has 0 aliphatic carbocycles. The van der Waals surface area contributed by atoms with Crippen molar-refractivity contribution in [2.24, 2.45) is 7.05 Å². The number of aryl methyl sites for hydroxylation is 1. The number of ether oxygens (including phenoxy) is 1. The van der Waals surface area contributed by atoms with Crippen LogP contribution in [0, 0.1) is 0 Å². The van der Waals surface area contributed by atoms with E-state index in [1.54, 1.807) is 4.57 Å². The van der Waals surface area contributed by atoms with Crippen LogP contribution in [-0.2, 0) is 24.9 Å². The van der Waals surface area contributed by atoms with Crippen LogP contribution in [-0.4, -0.2) is 31.8 Å². The highest BCUT2D eigenvalue weighted by Crippen LogP contribution is 2.31. The predicted octanol–water partition coefficient (Wildman–Crippen LogP) is 1.94. The summed E-state index contributed by atoms with van der Waals surface area (Å²) >= 11 is 1.23. The molecule has 3 aromatic heterocycles. The number of fused-ring (bicyclic) bond motifs is 2. The zero-order valence-electron chi connectivity index (χ0n) is 16.8. The van der Waals surface area contributed by atoms with E-state index in [0.717, 1.165) is 15.6 Å². The molecule has 4 rings (SSSR count). The van der Waals surface area contributed by atoms with Gasteiger partial charge in [-0.25, -0.2) is 14.6 Å². The van der Waals surface area contributed by atoms with Gasteiger partial charge in [-0.15, -0.1) is 11.3 Å². The number of nitrogen functional groups attached to an aromatic ring is 1. The molecule has 0 saturated carbocycles. The van der Waals surface area contributed by atoms with Crippen LogP contribution in [0.1, 0.15) is 28.6 Å². The standard InChI is InChI=1S/C20H21N5O4S/c1-4-9-24-17-15(16(26)23(2)20(24)28)14(18(27)29-3)13(30-17)10-25-12-8-6-5-7-11(12)22-19(25)21/h5-8H,4,9-10H2,1-3H3,(H2,21,22). The number of carbonyl (C=O) groups excluding carboxylic acids is 1. The summed E-state index contributed by atoms with van der Waals surface area (Å²) in [7, 11) is 2.68. The van der Waals surface area contributed by atoms with Crippen molar-refractivity contribution in [3.05, 3.63) is 55.5 Å². The number of nitrogens with two attached hydrogens (primary N) is 1. The number of benzene rings is 1. The monoisotopic (exact) mass is 427 g/mol. The first-order valence-corrected chi connectivity index (χ1v) is 10.2. The molecule has 0 atom stereocenters. The van der Waals surface area contributed by atoms with Gasteiger partial charge in [-0.3, -0.25) is 13.9 Å². The molecular formula is C20H21N5O4S. The van der Waals surface area contributed by atoms with Gasteiger partial charge in [0.25, 0.3) is 5.56 Å². The van der Waals surface area contributed by atoms with Crippen LogP contribution in [0.25, 0.3) is 21.3 Å². The predicted molar refractivity (Wildman–Crippen MR) is 116 cm³/mol. The van der Waals surface area contributed by atoms with Gasteiger partial charge in [0.2, 0.25) is 5.95 Å². The summed E-state index contributed by atoms with van der Waals surface area (Å²) in [6.45, 7) is 2.59. The minimum absolute atomic E-state index is 0.167. The quantitative estimate of drug-likeness (QED) is 0.487. The van der Waals surface area contributed by atoms with Crippen molar-refractivity contribution < 1.29 is 9.53 Å². The maximum absolute atomic E-state index is 12.9. The average molecular weight is 427 g/mol. The third-order valence-corrected chi connectivity index (χ3v) is 6.26. The van der Waals surface area contributed by atoms with Gasteiger partial charge >= 0.3 is 11.7 Å².